The number of anilines is 4. The standard InChI is InChI=1S/C25H23Cl2N7O2/c1-15(35)30-21-14-34(23-19(26)3-2-4-20(23)27)24(36)18-13-29-25(32-22(18)21)31-16-5-7-17(8-6-16)33-11-9-28-10-12-33/h2-8,13-14,28H,9-12H2,1H3,(H,30,35)(H,29,31,32). The molecule has 5 rings (SSSR count). The van der Waals surface area contributed by atoms with Crippen LogP contribution >= 0.6 is 23.2 Å². The molecule has 0 atom stereocenters. The van der Waals surface area contributed by atoms with Gasteiger partial charge in [-0.3, -0.25) is 14.2 Å². The van der Waals surface area contributed by atoms with Gasteiger partial charge in [0.2, 0.25) is 11.9 Å². The number of carbonyl (C=O) groups excluding carboxylic acids is 1. The smallest absolute Gasteiger partial charge is 0.266 e. The van der Waals surface area contributed by atoms with Crippen LogP contribution in [0.4, 0.5) is 23.0 Å². The summed E-state index contributed by atoms with van der Waals surface area (Å²) in [4.78, 5) is 36.5. The lowest BCUT2D eigenvalue weighted by molar-refractivity contribution is -0.114. The van der Waals surface area contributed by atoms with Crippen LogP contribution in [-0.2, 0) is 4.79 Å². The van der Waals surface area contributed by atoms with Crippen molar-refractivity contribution in [3.8, 4) is 5.69 Å². The molecular formula is C25H23Cl2N7O2. The van der Waals surface area contributed by atoms with Crippen LogP contribution in [-0.4, -0.2) is 46.6 Å². The fourth-order valence-corrected chi connectivity index (χ4v) is 4.74. The molecule has 1 aliphatic rings. The second kappa shape index (κ2) is 10.1. The summed E-state index contributed by atoms with van der Waals surface area (Å²) in [7, 11) is 0. The average Bonchev–Trinajstić information content (AvgIpc) is 2.87. The Labute approximate surface area is 217 Å². The number of halogens is 2. The first-order valence-corrected chi connectivity index (χ1v) is 12.1. The zero-order valence-electron chi connectivity index (χ0n) is 19.4. The Hall–Kier alpha value is -3.66. The Kier molecular flexibility index (Phi) is 6.77. The minimum Gasteiger partial charge on any atom is -0.369 e. The van der Waals surface area contributed by atoms with E-state index in [4.69, 9.17) is 23.2 Å². The van der Waals surface area contributed by atoms with Crippen molar-refractivity contribution in [1.82, 2.24) is 19.9 Å². The third-order valence-electron chi connectivity index (χ3n) is 5.85. The van der Waals surface area contributed by atoms with Crippen LogP contribution in [0.3, 0.4) is 0 Å². The highest BCUT2D eigenvalue weighted by atomic mass is 35.5. The summed E-state index contributed by atoms with van der Waals surface area (Å²) in [6.07, 6.45) is 2.90. The van der Waals surface area contributed by atoms with Gasteiger partial charge >= 0.3 is 0 Å². The summed E-state index contributed by atoms with van der Waals surface area (Å²) in [5.41, 5.74) is 2.46. The Bertz CT molecular complexity index is 1480. The van der Waals surface area contributed by atoms with Gasteiger partial charge in [0.1, 0.15) is 5.52 Å². The largest absolute Gasteiger partial charge is 0.369 e. The summed E-state index contributed by atoms with van der Waals surface area (Å²) in [5, 5.41) is 10.1. The molecule has 0 unspecified atom stereocenters. The Morgan fingerprint density at radius 2 is 1.75 bits per heavy atom. The third kappa shape index (κ3) is 4.86. The molecule has 0 saturated carbocycles. The Morgan fingerprint density at radius 3 is 2.42 bits per heavy atom. The molecule has 36 heavy (non-hydrogen) atoms. The van der Waals surface area contributed by atoms with Crippen LogP contribution in [0.5, 0.6) is 0 Å². The molecule has 0 radical (unpaired) electrons. The summed E-state index contributed by atoms with van der Waals surface area (Å²) < 4.78 is 1.30. The van der Waals surface area contributed by atoms with Crippen molar-refractivity contribution in [3.63, 3.8) is 0 Å². The number of benzene rings is 2. The molecule has 3 N–H and O–H groups in total. The van der Waals surface area contributed by atoms with Gasteiger partial charge in [-0.25, -0.2) is 9.97 Å². The number of aromatic nitrogens is 3. The second-order valence-electron chi connectivity index (χ2n) is 8.33. The van der Waals surface area contributed by atoms with E-state index in [-0.39, 0.29) is 17.2 Å². The summed E-state index contributed by atoms with van der Waals surface area (Å²) in [6, 6.07) is 13.0. The quantitative estimate of drug-likeness (QED) is 0.360. The molecule has 11 heteroatoms. The molecule has 1 saturated heterocycles. The number of nitrogens with zero attached hydrogens (tertiary/aromatic N) is 4. The minimum atomic E-state index is -0.416. The normalized spacial score (nSPS) is 13.6. The number of carbonyl (C=O) groups is 1. The van der Waals surface area contributed by atoms with Crippen molar-refractivity contribution in [2.45, 2.75) is 6.92 Å². The van der Waals surface area contributed by atoms with Crippen molar-refractivity contribution in [3.05, 3.63) is 75.3 Å². The van der Waals surface area contributed by atoms with E-state index in [1.807, 2.05) is 24.3 Å². The molecule has 0 aliphatic carbocycles. The molecule has 0 spiro atoms. The van der Waals surface area contributed by atoms with E-state index in [0.29, 0.717) is 26.9 Å². The van der Waals surface area contributed by atoms with Crippen LogP contribution < -0.4 is 26.4 Å². The lowest BCUT2D eigenvalue weighted by Gasteiger charge is -2.29. The fourth-order valence-electron chi connectivity index (χ4n) is 4.16. The van der Waals surface area contributed by atoms with Crippen molar-refractivity contribution < 1.29 is 4.79 Å². The summed E-state index contributed by atoms with van der Waals surface area (Å²) >= 11 is 12.7. The molecule has 2 aromatic carbocycles. The molecular weight excluding hydrogens is 501 g/mol. The molecule has 1 amide bonds. The average molecular weight is 524 g/mol. The zero-order chi connectivity index (χ0) is 25.2. The Morgan fingerprint density at radius 1 is 1.06 bits per heavy atom. The summed E-state index contributed by atoms with van der Waals surface area (Å²) in [5.74, 6) is -0.0275. The number of hydrogen-bond acceptors (Lipinski definition) is 7. The zero-order valence-corrected chi connectivity index (χ0v) is 20.9. The fraction of sp³-hybridized carbons (Fsp3) is 0.200. The van der Waals surface area contributed by atoms with Gasteiger partial charge in [0.25, 0.3) is 5.56 Å². The van der Waals surface area contributed by atoms with Crippen molar-refractivity contribution >= 4 is 63.0 Å². The van der Waals surface area contributed by atoms with Gasteiger partial charge in [0.15, 0.2) is 0 Å². The molecule has 1 fully saturated rings. The molecule has 2 aromatic heterocycles. The number of amides is 1. The van der Waals surface area contributed by atoms with Crippen LogP contribution in [0, 0.1) is 0 Å². The van der Waals surface area contributed by atoms with E-state index < -0.39 is 5.56 Å². The monoisotopic (exact) mass is 523 g/mol. The molecule has 0 bridgehead atoms. The lowest BCUT2D eigenvalue weighted by Crippen LogP contribution is -2.43. The van der Waals surface area contributed by atoms with Gasteiger partial charge in [-0.05, 0) is 36.4 Å². The highest BCUT2D eigenvalue weighted by Gasteiger charge is 2.17. The van der Waals surface area contributed by atoms with Gasteiger partial charge < -0.3 is 20.9 Å². The molecule has 3 heterocycles. The van der Waals surface area contributed by atoms with E-state index in [9.17, 15) is 9.59 Å². The van der Waals surface area contributed by atoms with E-state index in [2.05, 4.69) is 30.8 Å². The molecule has 1 aliphatic heterocycles. The topological polar surface area (TPSA) is 104 Å². The minimum absolute atomic E-state index is 0.205. The van der Waals surface area contributed by atoms with E-state index in [1.54, 1.807) is 18.2 Å². The Balaban J connectivity index is 1.52. The predicted octanol–water partition coefficient (Wildman–Crippen LogP) is 4.20. The van der Waals surface area contributed by atoms with E-state index >= 15 is 0 Å². The highest BCUT2D eigenvalue weighted by Crippen LogP contribution is 2.30. The van der Waals surface area contributed by atoms with Gasteiger partial charge in [-0.2, -0.15) is 0 Å². The first-order valence-electron chi connectivity index (χ1n) is 11.4. The first-order chi connectivity index (χ1) is 17.4. The first kappa shape index (κ1) is 24.1. The number of hydrogen-bond donors (Lipinski definition) is 3. The molecule has 184 valence electrons. The van der Waals surface area contributed by atoms with E-state index in [1.165, 1.54) is 23.9 Å². The van der Waals surface area contributed by atoms with Gasteiger partial charge in [0.05, 0.1) is 26.8 Å². The summed E-state index contributed by atoms with van der Waals surface area (Å²) in [6.45, 7) is 5.23. The van der Waals surface area contributed by atoms with Crippen LogP contribution in [0.25, 0.3) is 16.6 Å². The maximum absolute atomic E-state index is 13.4. The van der Waals surface area contributed by atoms with Gasteiger partial charge in [-0.15, -0.1) is 0 Å². The predicted molar refractivity (Wildman–Crippen MR) is 144 cm³/mol. The molecule has 4 aromatic rings. The lowest BCUT2D eigenvalue weighted by atomic mass is 10.2. The number of fused-ring (bicyclic) bond motifs is 1. The second-order valence-corrected chi connectivity index (χ2v) is 9.15. The number of para-hydroxylation sites is 1. The third-order valence-corrected chi connectivity index (χ3v) is 6.46. The van der Waals surface area contributed by atoms with Crippen molar-refractivity contribution in [1.29, 1.82) is 0 Å². The highest BCUT2D eigenvalue weighted by molar-refractivity contribution is 6.37. The van der Waals surface area contributed by atoms with Crippen LogP contribution in [0.2, 0.25) is 10.0 Å². The van der Waals surface area contributed by atoms with Crippen molar-refractivity contribution in [2.24, 2.45) is 0 Å². The SMILES string of the molecule is CC(=O)Nc1cn(-c2c(Cl)cccc2Cl)c(=O)c2cnc(Nc3ccc(N4CCNCC4)cc3)nc12. The van der Waals surface area contributed by atoms with Gasteiger partial charge in [0, 0.05) is 56.9 Å². The maximum Gasteiger partial charge on any atom is 0.266 e. The number of rotatable bonds is 5. The number of piperazine rings is 1. The van der Waals surface area contributed by atoms with Crippen LogP contribution in [0.1, 0.15) is 6.92 Å². The molecule has 9 nitrogen and oxygen atoms in total. The number of pyridine rings is 1. The van der Waals surface area contributed by atoms with Crippen LogP contribution in [0.15, 0.2) is 59.7 Å². The van der Waals surface area contributed by atoms with E-state index in [0.717, 1.165) is 37.6 Å². The van der Waals surface area contributed by atoms with Gasteiger partial charge in [-0.1, -0.05) is 29.3 Å². The van der Waals surface area contributed by atoms with Crippen molar-refractivity contribution in [2.75, 3.05) is 41.7 Å². The maximum atomic E-state index is 13.4. The number of nitrogens with one attached hydrogen (secondary N) is 3.